The molecule has 0 saturated heterocycles. The van der Waals surface area contributed by atoms with Gasteiger partial charge in [0.25, 0.3) is 5.91 Å². The van der Waals surface area contributed by atoms with Crippen molar-refractivity contribution in [1.29, 1.82) is 5.26 Å². The van der Waals surface area contributed by atoms with E-state index in [1.807, 2.05) is 35.9 Å². The van der Waals surface area contributed by atoms with Crippen molar-refractivity contribution < 1.29 is 4.79 Å². The van der Waals surface area contributed by atoms with Crippen LogP contribution in [0.3, 0.4) is 0 Å². The van der Waals surface area contributed by atoms with Crippen LogP contribution >= 0.6 is 0 Å². The monoisotopic (exact) mass is 566 g/mol. The summed E-state index contributed by atoms with van der Waals surface area (Å²) in [6.45, 7) is 7.35. The summed E-state index contributed by atoms with van der Waals surface area (Å²) in [7, 11) is 1.96. The van der Waals surface area contributed by atoms with E-state index in [0.29, 0.717) is 24.1 Å². The molecule has 3 aromatic rings. The van der Waals surface area contributed by atoms with Crippen LogP contribution in [0.1, 0.15) is 111 Å². The molecule has 9 nitrogen and oxygen atoms in total. The van der Waals surface area contributed by atoms with Crippen LogP contribution in [0.4, 0.5) is 11.4 Å². The molecule has 2 aliphatic carbocycles. The standard InChI is InChI=1S/C33H42N8O/c1-21(37-24-10-6-5-7-11-24)26-16-27(39-29-28(26)35-19-32(29,2)3)30(42)38-25-12-8-9-23(15-25)33(17-22(18-33)13-14-34)31-40-36-20-41(31)4/h8-9,12,15-16,20-22,24,35,37H,5-7,10-11,13,17-19H2,1-4H3,(H,38,42). The molecule has 3 aliphatic rings. The lowest BCUT2D eigenvalue weighted by molar-refractivity contribution is 0.102. The molecule has 2 saturated carbocycles. The quantitative estimate of drug-likeness (QED) is 0.317. The topological polar surface area (TPSA) is 121 Å². The van der Waals surface area contributed by atoms with Crippen molar-refractivity contribution >= 4 is 17.3 Å². The van der Waals surface area contributed by atoms with E-state index in [-0.39, 0.29) is 22.8 Å². The number of hydrogen-bond donors (Lipinski definition) is 3. The number of amides is 1. The largest absolute Gasteiger partial charge is 0.382 e. The predicted molar refractivity (Wildman–Crippen MR) is 163 cm³/mol. The first-order chi connectivity index (χ1) is 20.2. The minimum atomic E-state index is -0.331. The third-order valence-electron chi connectivity index (χ3n) is 9.65. The Morgan fingerprint density at radius 3 is 2.71 bits per heavy atom. The van der Waals surface area contributed by atoms with Crippen molar-refractivity contribution in [2.75, 3.05) is 17.2 Å². The van der Waals surface area contributed by atoms with Gasteiger partial charge >= 0.3 is 0 Å². The number of anilines is 2. The Balaban J connectivity index is 1.28. The molecule has 2 aromatic heterocycles. The highest BCUT2D eigenvalue weighted by Crippen LogP contribution is 2.53. The van der Waals surface area contributed by atoms with Gasteiger partial charge in [-0.05, 0) is 67.9 Å². The molecule has 1 amide bonds. The number of nitriles is 1. The average Bonchev–Trinajstić information content (AvgIpc) is 3.52. The van der Waals surface area contributed by atoms with Gasteiger partial charge in [-0.15, -0.1) is 10.2 Å². The third kappa shape index (κ3) is 5.17. The predicted octanol–water partition coefficient (Wildman–Crippen LogP) is 5.76. The third-order valence-corrected chi connectivity index (χ3v) is 9.65. The molecule has 1 aromatic carbocycles. The molecule has 1 unspecified atom stereocenters. The minimum Gasteiger partial charge on any atom is -0.382 e. The Morgan fingerprint density at radius 1 is 1.21 bits per heavy atom. The summed E-state index contributed by atoms with van der Waals surface area (Å²) in [6.07, 6.45) is 10.2. The van der Waals surface area contributed by atoms with Crippen molar-refractivity contribution in [3.05, 3.63) is 65.0 Å². The van der Waals surface area contributed by atoms with E-state index in [2.05, 4.69) is 59.1 Å². The molecule has 42 heavy (non-hydrogen) atoms. The SMILES string of the molecule is CC(NC1CCCCC1)c1cc(C(=O)Nc2cccc(C3(c4nncn4C)CC(CC#N)C3)c2)nc2c1NCC2(C)C. The van der Waals surface area contributed by atoms with Crippen LogP contribution in [0.2, 0.25) is 0 Å². The van der Waals surface area contributed by atoms with Crippen LogP contribution in [-0.2, 0) is 17.9 Å². The molecule has 0 spiro atoms. The van der Waals surface area contributed by atoms with Crippen LogP contribution < -0.4 is 16.0 Å². The fourth-order valence-electron chi connectivity index (χ4n) is 7.36. The van der Waals surface area contributed by atoms with Gasteiger partial charge in [0.2, 0.25) is 0 Å². The molecule has 9 heteroatoms. The molecule has 2 fully saturated rings. The second-order valence-electron chi connectivity index (χ2n) is 13.3. The second-order valence-corrected chi connectivity index (χ2v) is 13.3. The molecule has 1 atom stereocenters. The van der Waals surface area contributed by atoms with E-state index in [1.54, 1.807) is 6.33 Å². The molecule has 3 N–H and O–H groups in total. The fourth-order valence-corrected chi connectivity index (χ4v) is 7.36. The number of carbonyl (C=O) groups is 1. The lowest BCUT2D eigenvalue weighted by Gasteiger charge is -2.46. The Bertz CT molecular complexity index is 1510. The maximum absolute atomic E-state index is 13.8. The van der Waals surface area contributed by atoms with Crippen LogP contribution in [0.25, 0.3) is 0 Å². The molecule has 0 radical (unpaired) electrons. The maximum atomic E-state index is 13.8. The second kappa shape index (κ2) is 11.1. The van der Waals surface area contributed by atoms with Crippen molar-refractivity contribution in [1.82, 2.24) is 25.1 Å². The zero-order valence-electron chi connectivity index (χ0n) is 25.2. The van der Waals surface area contributed by atoms with Gasteiger partial charge in [-0.25, -0.2) is 4.98 Å². The number of rotatable bonds is 8. The average molecular weight is 567 g/mol. The van der Waals surface area contributed by atoms with E-state index in [4.69, 9.17) is 4.98 Å². The molecule has 220 valence electrons. The highest BCUT2D eigenvalue weighted by Gasteiger charge is 2.49. The van der Waals surface area contributed by atoms with Gasteiger partial charge in [-0.1, -0.05) is 45.2 Å². The van der Waals surface area contributed by atoms with Gasteiger partial charge in [-0.3, -0.25) is 4.79 Å². The highest BCUT2D eigenvalue weighted by atomic mass is 16.1. The smallest absolute Gasteiger partial charge is 0.274 e. The van der Waals surface area contributed by atoms with Crippen LogP contribution in [0.15, 0.2) is 36.7 Å². The van der Waals surface area contributed by atoms with E-state index in [1.165, 1.54) is 32.1 Å². The molecule has 1 aliphatic heterocycles. The number of aryl methyl sites for hydroxylation is 1. The number of hydrogen-bond acceptors (Lipinski definition) is 7. The van der Waals surface area contributed by atoms with E-state index in [0.717, 1.165) is 53.4 Å². The summed E-state index contributed by atoms with van der Waals surface area (Å²) in [5.41, 5.74) is 4.85. The molecular formula is C33H42N8O. The Kier molecular flexibility index (Phi) is 7.52. The molecule has 6 rings (SSSR count). The van der Waals surface area contributed by atoms with Crippen molar-refractivity contribution in [3.8, 4) is 6.07 Å². The van der Waals surface area contributed by atoms with Gasteiger partial charge in [0.1, 0.15) is 17.8 Å². The normalized spacial score (nSPS) is 23.7. The van der Waals surface area contributed by atoms with E-state index in [9.17, 15) is 10.1 Å². The van der Waals surface area contributed by atoms with Crippen LogP contribution in [-0.4, -0.2) is 38.2 Å². The summed E-state index contributed by atoms with van der Waals surface area (Å²) in [6, 6.07) is 12.9. The number of pyridine rings is 1. The zero-order valence-corrected chi connectivity index (χ0v) is 25.2. The first kappa shape index (κ1) is 28.4. The van der Waals surface area contributed by atoms with E-state index >= 15 is 0 Å². The summed E-state index contributed by atoms with van der Waals surface area (Å²) >= 11 is 0. The Hall–Kier alpha value is -3.77. The summed E-state index contributed by atoms with van der Waals surface area (Å²) in [5.74, 6) is 0.992. The van der Waals surface area contributed by atoms with Gasteiger partial charge in [0.15, 0.2) is 0 Å². The Morgan fingerprint density at radius 2 is 2.00 bits per heavy atom. The number of aromatic nitrogens is 4. The van der Waals surface area contributed by atoms with Crippen LogP contribution in [0.5, 0.6) is 0 Å². The van der Waals surface area contributed by atoms with Gasteiger partial charge in [-0.2, -0.15) is 5.26 Å². The van der Waals surface area contributed by atoms with Gasteiger partial charge in [0.05, 0.1) is 22.9 Å². The van der Waals surface area contributed by atoms with Crippen molar-refractivity contribution in [3.63, 3.8) is 0 Å². The summed E-state index contributed by atoms with van der Waals surface area (Å²) in [5, 5.41) is 28.4. The fraction of sp³-hybridized carbons (Fsp3) is 0.545. The first-order valence-corrected chi connectivity index (χ1v) is 15.4. The van der Waals surface area contributed by atoms with Crippen LogP contribution in [0, 0.1) is 17.2 Å². The number of carbonyl (C=O) groups excluding carboxylic acids is 1. The summed E-state index contributed by atoms with van der Waals surface area (Å²) < 4.78 is 1.96. The van der Waals surface area contributed by atoms with Gasteiger partial charge in [0, 0.05) is 43.2 Å². The lowest BCUT2D eigenvalue weighted by Crippen LogP contribution is -2.44. The molecular weight excluding hydrogens is 524 g/mol. The highest BCUT2D eigenvalue weighted by molar-refractivity contribution is 6.03. The number of benzene rings is 1. The lowest BCUT2D eigenvalue weighted by atomic mass is 9.57. The van der Waals surface area contributed by atoms with Crippen molar-refractivity contribution in [2.24, 2.45) is 13.0 Å². The number of fused-ring (bicyclic) bond motifs is 1. The van der Waals surface area contributed by atoms with Crippen molar-refractivity contribution in [2.45, 2.75) is 95.1 Å². The number of nitrogens with one attached hydrogen (secondary N) is 3. The Labute approximate surface area is 248 Å². The minimum absolute atomic E-state index is 0.104. The molecule has 0 bridgehead atoms. The summed E-state index contributed by atoms with van der Waals surface area (Å²) in [4.78, 5) is 18.7. The zero-order chi connectivity index (χ0) is 29.5. The van der Waals surface area contributed by atoms with Gasteiger partial charge < -0.3 is 20.5 Å². The molecule has 3 heterocycles. The maximum Gasteiger partial charge on any atom is 0.274 e. The first-order valence-electron chi connectivity index (χ1n) is 15.4. The number of nitrogens with zero attached hydrogens (tertiary/aromatic N) is 5. The van der Waals surface area contributed by atoms with E-state index < -0.39 is 0 Å².